The molecule has 1 aromatic rings. The van der Waals surface area contributed by atoms with Gasteiger partial charge in [-0.1, -0.05) is 0 Å². The van der Waals surface area contributed by atoms with Crippen molar-refractivity contribution in [1.29, 1.82) is 0 Å². The highest BCUT2D eigenvalue weighted by atomic mass is 16.6. The number of hydrogen-bond acceptors (Lipinski definition) is 5. The predicted molar refractivity (Wildman–Crippen MR) is 73.0 cm³/mol. The van der Waals surface area contributed by atoms with Crippen molar-refractivity contribution in [2.45, 2.75) is 6.92 Å². The smallest absolute Gasteiger partial charge is 0.280 e. The molecule has 7 heteroatoms. The van der Waals surface area contributed by atoms with Gasteiger partial charge in [0, 0.05) is 44.9 Å². The van der Waals surface area contributed by atoms with Crippen molar-refractivity contribution in [3.05, 3.63) is 33.9 Å². The van der Waals surface area contributed by atoms with E-state index < -0.39 is 4.92 Å². The standard InChI is InChI=1S/C13H15N3O4/c1-10(18)14-4-6-15(7-5-14)12-2-3-13(16(19)20)11(8-12)9-17/h2-3,8-9H,4-7H2,1H3. The quantitative estimate of drug-likeness (QED) is 0.469. The lowest BCUT2D eigenvalue weighted by Crippen LogP contribution is -2.48. The van der Waals surface area contributed by atoms with Crippen molar-refractivity contribution in [2.75, 3.05) is 31.1 Å². The van der Waals surface area contributed by atoms with Crippen LogP contribution in [0.2, 0.25) is 0 Å². The first kappa shape index (κ1) is 14.0. The molecule has 20 heavy (non-hydrogen) atoms. The molecule has 0 atom stereocenters. The zero-order valence-corrected chi connectivity index (χ0v) is 11.1. The number of carbonyl (C=O) groups is 2. The monoisotopic (exact) mass is 277 g/mol. The second-order valence-corrected chi connectivity index (χ2v) is 4.61. The van der Waals surface area contributed by atoms with Gasteiger partial charge in [0.1, 0.15) is 0 Å². The van der Waals surface area contributed by atoms with Gasteiger partial charge in [-0.25, -0.2) is 0 Å². The minimum absolute atomic E-state index is 0.0435. The molecule has 1 aliphatic rings. The Hall–Kier alpha value is -2.44. The highest BCUT2D eigenvalue weighted by Crippen LogP contribution is 2.24. The number of hydrogen-bond donors (Lipinski definition) is 0. The van der Waals surface area contributed by atoms with Gasteiger partial charge in [0.2, 0.25) is 5.91 Å². The average Bonchev–Trinajstić information content (AvgIpc) is 2.46. The third kappa shape index (κ3) is 2.76. The summed E-state index contributed by atoms with van der Waals surface area (Å²) in [4.78, 5) is 36.1. The maximum absolute atomic E-state index is 11.2. The van der Waals surface area contributed by atoms with Crippen LogP contribution in [0.3, 0.4) is 0 Å². The number of nitrogens with zero attached hydrogens (tertiary/aromatic N) is 3. The molecular formula is C13H15N3O4. The van der Waals surface area contributed by atoms with Crippen LogP contribution < -0.4 is 4.90 Å². The lowest BCUT2D eigenvalue weighted by atomic mass is 10.1. The normalized spacial score (nSPS) is 15.1. The average molecular weight is 277 g/mol. The van der Waals surface area contributed by atoms with Gasteiger partial charge in [0.05, 0.1) is 10.5 Å². The molecular weight excluding hydrogens is 262 g/mol. The third-order valence-electron chi connectivity index (χ3n) is 3.42. The fourth-order valence-corrected chi connectivity index (χ4v) is 2.28. The van der Waals surface area contributed by atoms with Gasteiger partial charge < -0.3 is 9.80 Å². The van der Waals surface area contributed by atoms with Crippen molar-refractivity contribution in [1.82, 2.24) is 4.90 Å². The van der Waals surface area contributed by atoms with Gasteiger partial charge in [-0.2, -0.15) is 0 Å². The molecule has 2 rings (SSSR count). The van der Waals surface area contributed by atoms with Crippen LogP contribution in [0.1, 0.15) is 17.3 Å². The molecule has 1 heterocycles. The van der Waals surface area contributed by atoms with E-state index in [1.807, 2.05) is 4.90 Å². The molecule has 0 bridgehead atoms. The second-order valence-electron chi connectivity index (χ2n) is 4.61. The Morgan fingerprint density at radius 3 is 2.45 bits per heavy atom. The summed E-state index contributed by atoms with van der Waals surface area (Å²) in [6, 6.07) is 4.50. The summed E-state index contributed by atoms with van der Waals surface area (Å²) in [5.41, 5.74) is 0.647. The lowest BCUT2D eigenvalue weighted by Gasteiger charge is -2.35. The van der Waals surface area contributed by atoms with E-state index in [9.17, 15) is 19.7 Å². The fourth-order valence-electron chi connectivity index (χ4n) is 2.28. The molecule has 0 radical (unpaired) electrons. The van der Waals surface area contributed by atoms with E-state index in [1.165, 1.54) is 19.1 Å². The number of carbonyl (C=O) groups excluding carboxylic acids is 2. The molecule has 7 nitrogen and oxygen atoms in total. The van der Waals surface area contributed by atoms with Crippen LogP contribution in [0.4, 0.5) is 11.4 Å². The molecule has 1 aliphatic heterocycles. The van der Waals surface area contributed by atoms with Gasteiger partial charge in [-0.3, -0.25) is 19.7 Å². The summed E-state index contributed by atoms with van der Waals surface area (Å²) in [6.45, 7) is 4.06. The number of aldehydes is 1. The Balaban J connectivity index is 2.16. The van der Waals surface area contributed by atoms with Crippen molar-refractivity contribution in [2.24, 2.45) is 0 Å². The zero-order chi connectivity index (χ0) is 14.7. The molecule has 1 aromatic carbocycles. The van der Waals surface area contributed by atoms with Crippen LogP contribution in [0.5, 0.6) is 0 Å². The van der Waals surface area contributed by atoms with E-state index in [1.54, 1.807) is 11.0 Å². The maximum atomic E-state index is 11.2. The first-order valence-corrected chi connectivity index (χ1v) is 6.27. The third-order valence-corrected chi connectivity index (χ3v) is 3.42. The summed E-state index contributed by atoms with van der Waals surface area (Å²) in [7, 11) is 0. The van der Waals surface area contributed by atoms with Gasteiger partial charge in [-0.05, 0) is 12.1 Å². The van der Waals surface area contributed by atoms with Crippen LogP contribution in [-0.2, 0) is 4.79 Å². The topological polar surface area (TPSA) is 83.8 Å². The minimum atomic E-state index is -0.568. The molecule has 1 saturated heterocycles. The van der Waals surface area contributed by atoms with Crippen molar-refractivity contribution in [3.8, 4) is 0 Å². The number of benzene rings is 1. The van der Waals surface area contributed by atoms with Gasteiger partial charge >= 0.3 is 0 Å². The molecule has 0 aliphatic carbocycles. The molecule has 0 spiro atoms. The van der Waals surface area contributed by atoms with E-state index in [0.717, 1.165) is 5.69 Å². The summed E-state index contributed by atoms with van der Waals surface area (Å²) in [5.74, 6) is 0.0435. The summed E-state index contributed by atoms with van der Waals surface area (Å²) >= 11 is 0. The number of rotatable bonds is 3. The molecule has 0 aromatic heterocycles. The number of piperazine rings is 1. The van der Waals surface area contributed by atoms with E-state index in [2.05, 4.69) is 0 Å². The summed E-state index contributed by atoms with van der Waals surface area (Å²) < 4.78 is 0. The van der Waals surface area contributed by atoms with E-state index in [4.69, 9.17) is 0 Å². The first-order valence-electron chi connectivity index (χ1n) is 6.27. The predicted octanol–water partition coefficient (Wildman–Crippen LogP) is 1.08. The Morgan fingerprint density at radius 1 is 1.30 bits per heavy atom. The highest BCUT2D eigenvalue weighted by Gasteiger charge is 2.21. The zero-order valence-electron chi connectivity index (χ0n) is 11.1. The van der Waals surface area contributed by atoms with Crippen molar-refractivity contribution in [3.63, 3.8) is 0 Å². The van der Waals surface area contributed by atoms with E-state index in [0.29, 0.717) is 32.5 Å². The molecule has 0 saturated carbocycles. The second kappa shape index (κ2) is 5.68. The summed E-state index contributed by atoms with van der Waals surface area (Å²) in [6.07, 6.45) is 0.494. The van der Waals surface area contributed by atoms with Gasteiger partial charge in [0.25, 0.3) is 5.69 Å². The molecule has 0 unspecified atom stereocenters. The Labute approximate surface area is 115 Å². The lowest BCUT2D eigenvalue weighted by molar-refractivity contribution is -0.385. The van der Waals surface area contributed by atoms with E-state index in [-0.39, 0.29) is 17.2 Å². The number of nitro benzene ring substituents is 1. The Bertz CT molecular complexity index is 551. The number of anilines is 1. The Morgan fingerprint density at radius 2 is 1.95 bits per heavy atom. The largest absolute Gasteiger partial charge is 0.368 e. The molecule has 1 amide bonds. The molecule has 1 fully saturated rings. The van der Waals surface area contributed by atoms with Crippen LogP contribution in [0.25, 0.3) is 0 Å². The van der Waals surface area contributed by atoms with Gasteiger partial charge in [-0.15, -0.1) is 0 Å². The van der Waals surface area contributed by atoms with Crippen LogP contribution >= 0.6 is 0 Å². The highest BCUT2D eigenvalue weighted by molar-refractivity contribution is 5.83. The number of nitro groups is 1. The molecule has 0 N–H and O–H groups in total. The molecule has 106 valence electrons. The minimum Gasteiger partial charge on any atom is -0.368 e. The summed E-state index contributed by atoms with van der Waals surface area (Å²) in [5, 5.41) is 10.8. The van der Waals surface area contributed by atoms with Crippen LogP contribution in [-0.4, -0.2) is 48.2 Å². The van der Waals surface area contributed by atoms with E-state index >= 15 is 0 Å². The maximum Gasteiger partial charge on any atom is 0.280 e. The number of amides is 1. The van der Waals surface area contributed by atoms with Crippen LogP contribution in [0, 0.1) is 10.1 Å². The van der Waals surface area contributed by atoms with Gasteiger partial charge in [0.15, 0.2) is 6.29 Å². The Kier molecular flexibility index (Phi) is 3.97. The fraction of sp³-hybridized carbons (Fsp3) is 0.385. The van der Waals surface area contributed by atoms with Crippen molar-refractivity contribution < 1.29 is 14.5 Å². The van der Waals surface area contributed by atoms with Crippen molar-refractivity contribution >= 4 is 23.6 Å². The van der Waals surface area contributed by atoms with Crippen LogP contribution in [0.15, 0.2) is 18.2 Å². The SMILES string of the molecule is CC(=O)N1CCN(c2ccc([N+](=O)[O-])c(C=O)c2)CC1. The first-order chi connectivity index (χ1) is 9.52.